The highest BCUT2D eigenvalue weighted by Gasteiger charge is 2.09. The molecule has 0 unspecified atom stereocenters. The second-order valence-electron chi connectivity index (χ2n) is 3.01. The molecule has 0 saturated carbocycles. The number of halogens is 1. The largest absolute Gasteiger partial charge is 0.347 e. The van der Waals surface area contributed by atoms with E-state index in [0.717, 1.165) is 4.88 Å². The van der Waals surface area contributed by atoms with Crippen molar-refractivity contribution in [2.75, 3.05) is 0 Å². The summed E-state index contributed by atoms with van der Waals surface area (Å²) in [5, 5.41) is 3.11. The number of pyridine rings is 1. The van der Waals surface area contributed by atoms with Gasteiger partial charge in [0.2, 0.25) is 0 Å². The van der Waals surface area contributed by atoms with E-state index in [9.17, 15) is 4.79 Å². The van der Waals surface area contributed by atoms with Crippen molar-refractivity contribution in [2.24, 2.45) is 0 Å². The third kappa shape index (κ3) is 2.56. The number of thiazole rings is 1. The summed E-state index contributed by atoms with van der Waals surface area (Å²) in [6.45, 7) is 0.460. The van der Waals surface area contributed by atoms with Crippen LogP contribution in [0, 0.1) is 0 Å². The Balaban J connectivity index is 2.01. The van der Waals surface area contributed by atoms with E-state index < -0.39 is 0 Å². The van der Waals surface area contributed by atoms with Gasteiger partial charge in [-0.1, -0.05) is 11.6 Å². The first-order chi connectivity index (χ1) is 7.77. The number of carbonyl (C=O) groups is 1. The SMILES string of the molecule is O=C(NCc1cncs1)c1ccncc1Cl. The molecule has 2 rings (SSSR count). The fraction of sp³-hybridized carbons (Fsp3) is 0.100. The molecule has 1 amide bonds. The molecular weight excluding hydrogens is 246 g/mol. The summed E-state index contributed by atoms with van der Waals surface area (Å²) in [5.74, 6) is -0.208. The van der Waals surface area contributed by atoms with Gasteiger partial charge in [-0.05, 0) is 6.07 Å². The van der Waals surface area contributed by atoms with Crippen molar-refractivity contribution in [3.63, 3.8) is 0 Å². The summed E-state index contributed by atoms with van der Waals surface area (Å²) < 4.78 is 0. The Morgan fingerprint density at radius 3 is 3.00 bits per heavy atom. The van der Waals surface area contributed by atoms with E-state index in [1.807, 2.05) is 0 Å². The lowest BCUT2D eigenvalue weighted by atomic mass is 10.2. The lowest BCUT2D eigenvalue weighted by Crippen LogP contribution is -2.22. The maximum absolute atomic E-state index is 11.7. The zero-order chi connectivity index (χ0) is 11.4. The van der Waals surface area contributed by atoms with Gasteiger partial charge in [0, 0.05) is 23.5 Å². The number of aromatic nitrogens is 2. The minimum atomic E-state index is -0.208. The van der Waals surface area contributed by atoms with E-state index in [2.05, 4.69) is 15.3 Å². The zero-order valence-corrected chi connectivity index (χ0v) is 9.76. The summed E-state index contributed by atoms with van der Waals surface area (Å²) in [5.41, 5.74) is 2.15. The van der Waals surface area contributed by atoms with Crippen molar-refractivity contribution in [3.05, 3.63) is 45.6 Å². The summed E-state index contributed by atoms with van der Waals surface area (Å²) in [4.78, 5) is 20.5. The molecule has 16 heavy (non-hydrogen) atoms. The molecule has 2 aromatic rings. The molecule has 6 heteroatoms. The molecule has 0 aliphatic rings. The summed E-state index contributed by atoms with van der Waals surface area (Å²) in [6, 6.07) is 1.59. The molecule has 0 saturated heterocycles. The Kier molecular flexibility index (Phi) is 3.48. The Morgan fingerprint density at radius 2 is 2.31 bits per heavy atom. The Hall–Kier alpha value is -1.46. The van der Waals surface area contributed by atoms with Gasteiger partial charge in [-0.25, -0.2) is 0 Å². The smallest absolute Gasteiger partial charge is 0.253 e. The van der Waals surface area contributed by atoms with Crippen LogP contribution in [0.1, 0.15) is 15.2 Å². The highest BCUT2D eigenvalue weighted by Crippen LogP contribution is 2.13. The van der Waals surface area contributed by atoms with Crippen molar-refractivity contribution in [3.8, 4) is 0 Å². The first-order valence-electron chi connectivity index (χ1n) is 4.52. The summed E-state index contributed by atoms with van der Waals surface area (Å²) >= 11 is 7.34. The molecule has 0 radical (unpaired) electrons. The standard InChI is InChI=1S/C10H8ClN3OS/c11-9-5-12-2-1-8(9)10(15)14-4-7-3-13-6-16-7/h1-3,5-6H,4H2,(H,14,15). The predicted octanol–water partition coefficient (Wildman–Crippen LogP) is 2.12. The average Bonchev–Trinajstić information content (AvgIpc) is 2.79. The topological polar surface area (TPSA) is 54.9 Å². The summed E-state index contributed by atoms with van der Waals surface area (Å²) in [6.07, 6.45) is 4.70. The average molecular weight is 254 g/mol. The molecule has 1 N–H and O–H groups in total. The minimum absolute atomic E-state index is 0.208. The van der Waals surface area contributed by atoms with Crippen LogP contribution < -0.4 is 5.32 Å². The van der Waals surface area contributed by atoms with Crippen molar-refractivity contribution in [1.29, 1.82) is 0 Å². The van der Waals surface area contributed by atoms with Crippen LogP contribution in [0.5, 0.6) is 0 Å². The van der Waals surface area contributed by atoms with Gasteiger partial charge in [-0.2, -0.15) is 0 Å². The van der Waals surface area contributed by atoms with Crippen molar-refractivity contribution in [1.82, 2.24) is 15.3 Å². The molecule has 0 aromatic carbocycles. The minimum Gasteiger partial charge on any atom is -0.347 e. The lowest BCUT2D eigenvalue weighted by Gasteiger charge is -2.04. The van der Waals surface area contributed by atoms with E-state index in [4.69, 9.17) is 11.6 Å². The third-order valence-electron chi connectivity index (χ3n) is 1.92. The van der Waals surface area contributed by atoms with E-state index in [0.29, 0.717) is 17.1 Å². The second kappa shape index (κ2) is 5.05. The van der Waals surface area contributed by atoms with Gasteiger partial charge in [0.1, 0.15) is 0 Å². The van der Waals surface area contributed by atoms with Crippen LogP contribution in [-0.2, 0) is 6.54 Å². The van der Waals surface area contributed by atoms with Crippen molar-refractivity contribution < 1.29 is 4.79 Å². The van der Waals surface area contributed by atoms with Gasteiger partial charge in [-0.15, -0.1) is 11.3 Å². The Bertz CT molecular complexity index is 487. The lowest BCUT2D eigenvalue weighted by molar-refractivity contribution is 0.0951. The maximum atomic E-state index is 11.7. The Labute approximate surface area is 101 Å². The fourth-order valence-electron chi connectivity index (χ4n) is 1.15. The quantitative estimate of drug-likeness (QED) is 0.912. The highest BCUT2D eigenvalue weighted by atomic mass is 35.5. The van der Waals surface area contributed by atoms with Crippen LogP contribution in [0.15, 0.2) is 30.2 Å². The number of hydrogen-bond donors (Lipinski definition) is 1. The summed E-state index contributed by atoms with van der Waals surface area (Å²) in [7, 11) is 0. The van der Waals surface area contributed by atoms with Gasteiger partial charge in [0.05, 0.1) is 22.6 Å². The van der Waals surface area contributed by atoms with Crippen LogP contribution in [-0.4, -0.2) is 15.9 Å². The molecule has 0 fully saturated rings. The number of amides is 1. The van der Waals surface area contributed by atoms with Gasteiger partial charge < -0.3 is 5.32 Å². The van der Waals surface area contributed by atoms with Crippen molar-refractivity contribution >= 4 is 28.8 Å². The van der Waals surface area contributed by atoms with Crippen LogP contribution >= 0.6 is 22.9 Å². The fourth-order valence-corrected chi connectivity index (χ4v) is 1.89. The predicted molar refractivity (Wildman–Crippen MR) is 62.5 cm³/mol. The van der Waals surface area contributed by atoms with E-state index in [1.165, 1.54) is 23.7 Å². The molecular formula is C10H8ClN3OS. The third-order valence-corrected chi connectivity index (χ3v) is 3.00. The van der Waals surface area contributed by atoms with Crippen LogP contribution in [0.4, 0.5) is 0 Å². The van der Waals surface area contributed by atoms with E-state index in [-0.39, 0.29) is 5.91 Å². The monoisotopic (exact) mass is 253 g/mol. The normalized spacial score (nSPS) is 10.1. The number of nitrogens with one attached hydrogen (secondary N) is 1. The first kappa shape index (κ1) is 11.0. The second-order valence-corrected chi connectivity index (χ2v) is 4.38. The van der Waals surface area contributed by atoms with E-state index >= 15 is 0 Å². The van der Waals surface area contributed by atoms with Gasteiger partial charge >= 0.3 is 0 Å². The molecule has 2 aromatic heterocycles. The number of carbonyl (C=O) groups excluding carboxylic acids is 1. The molecule has 0 bridgehead atoms. The van der Waals surface area contributed by atoms with Crippen LogP contribution in [0.2, 0.25) is 5.02 Å². The molecule has 4 nitrogen and oxygen atoms in total. The molecule has 82 valence electrons. The number of rotatable bonds is 3. The molecule has 0 atom stereocenters. The van der Waals surface area contributed by atoms with Crippen LogP contribution in [0.3, 0.4) is 0 Å². The first-order valence-corrected chi connectivity index (χ1v) is 5.78. The highest BCUT2D eigenvalue weighted by molar-refractivity contribution is 7.09. The number of nitrogens with zero attached hydrogens (tertiary/aromatic N) is 2. The zero-order valence-electron chi connectivity index (χ0n) is 8.18. The van der Waals surface area contributed by atoms with Crippen LogP contribution in [0.25, 0.3) is 0 Å². The van der Waals surface area contributed by atoms with Crippen molar-refractivity contribution in [2.45, 2.75) is 6.54 Å². The van der Waals surface area contributed by atoms with Gasteiger partial charge in [0.15, 0.2) is 0 Å². The molecule has 0 spiro atoms. The molecule has 0 aliphatic heterocycles. The molecule has 2 heterocycles. The van der Waals surface area contributed by atoms with Gasteiger partial charge in [0.25, 0.3) is 5.91 Å². The Morgan fingerprint density at radius 1 is 1.44 bits per heavy atom. The number of hydrogen-bond acceptors (Lipinski definition) is 4. The van der Waals surface area contributed by atoms with E-state index in [1.54, 1.807) is 17.8 Å². The van der Waals surface area contributed by atoms with Gasteiger partial charge in [-0.3, -0.25) is 14.8 Å². The maximum Gasteiger partial charge on any atom is 0.253 e. The molecule has 0 aliphatic carbocycles.